The molecule has 2 nitrogen and oxygen atoms in total. The highest BCUT2D eigenvalue weighted by Gasteiger charge is 2.21. The van der Waals surface area contributed by atoms with Crippen molar-refractivity contribution in [3.63, 3.8) is 0 Å². The molecular weight excluding hydrogens is 244 g/mol. The number of pyridine rings is 1. The van der Waals surface area contributed by atoms with Crippen LogP contribution < -0.4 is 5.73 Å². The molecule has 0 unspecified atom stereocenters. The van der Waals surface area contributed by atoms with Gasteiger partial charge in [-0.05, 0) is 40.3 Å². The van der Waals surface area contributed by atoms with Crippen LogP contribution in [0.25, 0.3) is 22.3 Å². The minimum atomic E-state index is 0.733. The number of benzene rings is 2. The molecule has 0 saturated carbocycles. The van der Waals surface area contributed by atoms with Gasteiger partial charge in [-0.25, -0.2) is 0 Å². The minimum Gasteiger partial charge on any atom is -0.397 e. The van der Waals surface area contributed by atoms with Crippen molar-refractivity contribution in [3.05, 3.63) is 72.1 Å². The predicted octanol–water partition coefficient (Wildman–Crippen LogP) is 3.90. The lowest BCUT2D eigenvalue weighted by Gasteiger charge is -2.10. The van der Waals surface area contributed by atoms with Crippen molar-refractivity contribution in [1.29, 1.82) is 0 Å². The molecule has 0 bridgehead atoms. The molecule has 0 fully saturated rings. The van der Waals surface area contributed by atoms with Gasteiger partial charge in [0.05, 0.1) is 11.9 Å². The Bertz CT molecular complexity index is 806. The molecule has 96 valence electrons. The summed E-state index contributed by atoms with van der Waals surface area (Å²) in [5.41, 5.74) is 14.5. The van der Waals surface area contributed by atoms with Gasteiger partial charge >= 0.3 is 0 Å². The maximum absolute atomic E-state index is 6.09. The molecule has 3 aromatic rings. The fraction of sp³-hybridized carbons (Fsp3) is 0.0556. The van der Waals surface area contributed by atoms with E-state index in [0.717, 1.165) is 17.7 Å². The maximum Gasteiger partial charge on any atom is 0.0580 e. The minimum absolute atomic E-state index is 0.733. The zero-order valence-electron chi connectivity index (χ0n) is 11.0. The Balaban J connectivity index is 1.97. The van der Waals surface area contributed by atoms with Crippen molar-refractivity contribution in [2.24, 2.45) is 0 Å². The van der Waals surface area contributed by atoms with Crippen LogP contribution in [0.5, 0.6) is 0 Å². The van der Waals surface area contributed by atoms with E-state index in [9.17, 15) is 0 Å². The largest absolute Gasteiger partial charge is 0.397 e. The van der Waals surface area contributed by atoms with Crippen LogP contribution in [0.4, 0.5) is 5.69 Å². The molecule has 1 heterocycles. The smallest absolute Gasteiger partial charge is 0.0580 e. The normalized spacial score (nSPS) is 12.0. The molecule has 20 heavy (non-hydrogen) atoms. The van der Waals surface area contributed by atoms with E-state index in [-0.39, 0.29) is 0 Å². The highest BCUT2D eigenvalue weighted by molar-refractivity contribution is 5.87. The van der Waals surface area contributed by atoms with Crippen molar-refractivity contribution < 1.29 is 0 Å². The summed E-state index contributed by atoms with van der Waals surface area (Å²) in [7, 11) is 0. The van der Waals surface area contributed by atoms with Crippen molar-refractivity contribution in [2.45, 2.75) is 6.42 Å². The summed E-state index contributed by atoms with van der Waals surface area (Å²) < 4.78 is 0. The van der Waals surface area contributed by atoms with E-state index >= 15 is 0 Å². The first-order chi connectivity index (χ1) is 9.84. The number of nitrogens with zero attached hydrogens (tertiary/aromatic N) is 1. The molecule has 0 saturated heterocycles. The number of rotatable bonds is 1. The SMILES string of the molecule is Nc1cnccc1-c1cccc2c1Cc1ccccc1-2. The van der Waals surface area contributed by atoms with Gasteiger partial charge in [-0.2, -0.15) is 0 Å². The highest BCUT2D eigenvalue weighted by atomic mass is 14.7. The summed E-state index contributed by atoms with van der Waals surface area (Å²) in [5.74, 6) is 0. The molecule has 2 N–H and O–H groups in total. The van der Waals surface area contributed by atoms with E-state index in [1.54, 1.807) is 12.4 Å². The summed E-state index contributed by atoms with van der Waals surface area (Å²) in [6.07, 6.45) is 4.49. The van der Waals surface area contributed by atoms with E-state index in [1.807, 2.05) is 6.07 Å². The lowest BCUT2D eigenvalue weighted by Crippen LogP contribution is -1.94. The van der Waals surface area contributed by atoms with Crippen molar-refractivity contribution in [1.82, 2.24) is 4.98 Å². The molecule has 2 aromatic carbocycles. The molecule has 0 atom stereocenters. The average molecular weight is 258 g/mol. The van der Waals surface area contributed by atoms with Gasteiger partial charge < -0.3 is 5.73 Å². The maximum atomic E-state index is 6.09. The number of hydrogen-bond donors (Lipinski definition) is 1. The molecule has 0 radical (unpaired) electrons. The number of nitrogen functional groups attached to an aromatic ring is 1. The molecule has 0 aliphatic heterocycles. The van der Waals surface area contributed by atoms with Gasteiger partial charge in [-0.15, -0.1) is 0 Å². The van der Waals surface area contributed by atoms with Crippen LogP contribution in [0.15, 0.2) is 60.9 Å². The van der Waals surface area contributed by atoms with E-state index in [0.29, 0.717) is 0 Å². The summed E-state index contributed by atoms with van der Waals surface area (Å²) in [6.45, 7) is 0. The Morgan fingerprint density at radius 2 is 1.55 bits per heavy atom. The first-order valence-electron chi connectivity index (χ1n) is 6.74. The molecule has 1 aromatic heterocycles. The van der Waals surface area contributed by atoms with E-state index in [1.165, 1.54) is 27.8 Å². The summed E-state index contributed by atoms with van der Waals surface area (Å²) in [6, 6.07) is 17.0. The first kappa shape index (κ1) is 11.2. The Morgan fingerprint density at radius 3 is 2.40 bits per heavy atom. The highest BCUT2D eigenvalue weighted by Crippen LogP contribution is 2.42. The standard InChI is InChI=1S/C18H14N2/c19-18-11-20-9-8-16(18)15-7-3-6-14-13-5-2-1-4-12(13)10-17(14)15/h1-9,11H,10,19H2. The Hall–Kier alpha value is -2.61. The molecule has 1 aliphatic rings. The second-order valence-corrected chi connectivity index (χ2v) is 5.13. The fourth-order valence-electron chi connectivity index (χ4n) is 3.06. The summed E-state index contributed by atoms with van der Waals surface area (Å²) >= 11 is 0. The Morgan fingerprint density at radius 1 is 0.800 bits per heavy atom. The third-order valence-corrected chi connectivity index (χ3v) is 3.99. The van der Waals surface area contributed by atoms with E-state index in [2.05, 4.69) is 47.4 Å². The molecule has 2 heteroatoms. The van der Waals surface area contributed by atoms with Gasteiger partial charge in [-0.1, -0.05) is 42.5 Å². The number of aromatic nitrogens is 1. The predicted molar refractivity (Wildman–Crippen MR) is 82.3 cm³/mol. The van der Waals surface area contributed by atoms with Gasteiger partial charge in [0.25, 0.3) is 0 Å². The summed E-state index contributed by atoms with van der Waals surface area (Å²) in [4.78, 5) is 4.08. The van der Waals surface area contributed by atoms with Crippen molar-refractivity contribution in [3.8, 4) is 22.3 Å². The monoisotopic (exact) mass is 258 g/mol. The van der Waals surface area contributed by atoms with Crippen LogP contribution in [0, 0.1) is 0 Å². The zero-order chi connectivity index (χ0) is 13.5. The van der Waals surface area contributed by atoms with Crippen LogP contribution in [0.2, 0.25) is 0 Å². The molecule has 4 rings (SSSR count). The van der Waals surface area contributed by atoms with Crippen molar-refractivity contribution in [2.75, 3.05) is 5.73 Å². The van der Waals surface area contributed by atoms with Gasteiger partial charge in [-0.3, -0.25) is 4.98 Å². The number of anilines is 1. The van der Waals surface area contributed by atoms with Gasteiger partial charge in [0.1, 0.15) is 0 Å². The Labute approximate surface area is 117 Å². The number of nitrogens with two attached hydrogens (primary N) is 1. The summed E-state index contributed by atoms with van der Waals surface area (Å²) in [5, 5.41) is 0. The number of fused-ring (bicyclic) bond motifs is 3. The van der Waals surface area contributed by atoms with Crippen molar-refractivity contribution >= 4 is 5.69 Å². The third-order valence-electron chi connectivity index (χ3n) is 3.99. The lowest BCUT2D eigenvalue weighted by atomic mass is 9.95. The van der Waals surface area contributed by atoms with Crippen LogP contribution in [-0.2, 0) is 6.42 Å². The quantitative estimate of drug-likeness (QED) is 0.562. The first-order valence-corrected chi connectivity index (χ1v) is 6.74. The molecule has 1 aliphatic carbocycles. The second kappa shape index (κ2) is 4.20. The van der Waals surface area contributed by atoms with E-state index < -0.39 is 0 Å². The second-order valence-electron chi connectivity index (χ2n) is 5.13. The van der Waals surface area contributed by atoms with Gasteiger partial charge in [0.15, 0.2) is 0 Å². The van der Waals surface area contributed by atoms with E-state index in [4.69, 9.17) is 5.73 Å². The molecule has 0 amide bonds. The topological polar surface area (TPSA) is 38.9 Å². The lowest BCUT2D eigenvalue weighted by molar-refractivity contribution is 1.26. The Kier molecular flexibility index (Phi) is 2.36. The molecule has 0 spiro atoms. The van der Waals surface area contributed by atoms with Crippen LogP contribution in [-0.4, -0.2) is 4.98 Å². The van der Waals surface area contributed by atoms with Crippen LogP contribution in [0.1, 0.15) is 11.1 Å². The third kappa shape index (κ3) is 1.55. The number of hydrogen-bond acceptors (Lipinski definition) is 2. The zero-order valence-corrected chi connectivity index (χ0v) is 11.0. The van der Waals surface area contributed by atoms with Crippen LogP contribution >= 0.6 is 0 Å². The average Bonchev–Trinajstić information content (AvgIpc) is 2.86. The fourth-order valence-corrected chi connectivity index (χ4v) is 3.06. The van der Waals surface area contributed by atoms with Gasteiger partial charge in [0, 0.05) is 11.8 Å². The van der Waals surface area contributed by atoms with Crippen LogP contribution in [0.3, 0.4) is 0 Å². The van der Waals surface area contributed by atoms with Gasteiger partial charge in [0.2, 0.25) is 0 Å². The molecular formula is C18H14N2.